The molecule has 0 spiro atoms. The van der Waals surface area contributed by atoms with Crippen molar-refractivity contribution in [2.24, 2.45) is 0 Å². The molecule has 134 valence electrons. The van der Waals surface area contributed by atoms with Gasteiger partial charge >= 0.3 is 0 Å². The van der Waals surface area contributed by atoms with Gasteiger partial charge in [0.25, 0.3) is 0 Å². The van der Waals surface area contributed by atoms with E-state index in [4.69, 9.17) is 5.11 Å². The summed E-state index contributed by atoms with van der Waals surface area (Å²) in [5, 5.41) is 8.91. The van der Waals surface area contributed by atoms with Gasteiger partial charge in [0.05, 0.1) is 6.10 Å². The van der Waals surface area contributed by atoms with Crippen LogP contribution in [0.1, 0.15) is 116 Å². The molecule has 0 aromatic carbocycles. The minimum absolute atomic E-state index is 0.0359. The summed E-state index contributed by atoms with van der Waals surface area (Å²) in [6.45, 7) is 2.28. The third-order valence-electron chi connectivity index (χ3n) is 4.59. The molecule has 1 fully saturated rings. The largest absolute Gasteiger partial charge is 0.393 e. The molecule has 0 aromatic rings. The van der Waals surface area contributed by atoms with Gasteiger partial charge in [-0.2, -0.15) is 12.6 Å². The lowest BCUT2D eigenvalue weighted by Crippen LogP contribution is -2.09. The maximum absolute atomic E-state index is 8.91. The normalized spacial score (nSPS) is 15.4. The Morgan fingerprint density at radius 2 is 1.09 bits per heavy atom. The van der Waals surface area contributed by atoms with Gasteiger partial charge in [0.15, 0.2) is 0 Å². The summed E-state index contributed by atoms with van der Waals surface area (Å²) in [6, 6.07) is 0. The van der Waals surface area contributed by atoms with E-state index in [-0.39, 0.29) is 6.10 Å². The van der Waals surface area contributed by atoms with Crippen LogP contribution in [0.2, 0.25) is 0 Å². The molecular weight excluding hydrogens is 288 g/mol. The first kappa shape index (κ1) is 22.3. The standard InChI is InChI=1S/C14H30S.C6H12O/c1-2-3-4-5-6-7-8-9-10-11-12-13-14-15;7-6-4-2-1-3-5-6/h15H,2-14H2,1H3;6-7H,1-5H2. The van der Waals surface area contributed by atoms with Gasteiger partial charge in [-0.1, -0.05) is 96.8 Å². The molecule has 2 heteroatoms. The van der Waals surface area contributed by atoms with Crippen LogP contribution in [0.15, 0.2) is 0 Å². The van der Waals surface area contributed by atoms with E-state index in [0.29, 0.717) is 0 Å². The van der Waals surface area contributed by atoms with Crippen LogP contribution in [0.5, 0.6) is 0 Å². The number of hydrogen-bond donors (Lipinski definition) is 2. The average Bonchev–Trinajstić information content (AvgIpc) is 2.54. The zero-order chi connectivity index (χ0) is 16.3. The molecule has 0 atom stereocenters. The monoisotopic (exact) mass is 330 g/mol. The van der Waals surface area contributed by atoms with Crippen LogP contribution >= 0.6 is 12.6 Å². The van der Waals surface area contributed by atoms with E-state index in [1.165, 1.54) is 96.3 Å². The molecule has 0 amide bonds. The zero-order valence-corrected chi connectivity index (χ0v) is 16.1. The van der Waals surface area contributed by atoms with Crippen molar-refractivity contribution in [1.29, 1.82) is 0 Å². The van der Waals surface area contributed by atoms with Crippen molar-refractivity contribution >= 4 is 12.6 Å². The molecule has 1 nitrogen and oxygen atoms in total. The molecule has 1 saturated carbocycles. The zero-order valence-electron chi connectivity index (χ0n) is 15.2. The number of aliphatic hydroxyl groups excluding tert-OH is 1. The van der Waals surface area contributed by atoms with Crippen molar-refractivity contribution in [3.05, 3.63) is 0 Å². The Balaban J connectivity index is 0.000000518. The van der Waals surface area contributed by atoms with Gasteiger partial charge in [-0.05, 0) is 25.0 Å². The van der Waals surface area contributed by atoms with Crippen molar-refractivity contribution in [2.45, 2.75) is 122 Å². The van der Waals surface area contributed by atoms with Crippen molar-refractivity contribution in [1.82, 2.24) is 0 Å². The Hall–Kier alpha value is 0.310. The topological polar surface area (TPSA) is 20.2 Å². The highest BCUT2D eigenvalue weighted by atomic mass is 32.1. The summed E-state index contributed by atoms with van der Waals surface area (Å²) in [7, 11) is 0. The van der Waals surface area contributed by atoms with Crippen LogP contribution in [0, 0.1) is 0 Å². The van der Waals surface area contributed by atoms with Crippen LogP contribution in [0.3, 0.4) is 0 Å². The fraction of sp³-hybridized carbons (Fsp3) is 1.00. The highest BCUT2D eigenvalue weighted by Gasteiger charge is 2.07. The molecule has 0 bridgehead atoms. The van der Waals surface area contributed by atoms with Gasteiger partial charge in [0, 0.05) is 0 Å². The van der Waals surface area contributed by atoms with Crippen molar-refractivity contribution in [3.63, 3.8) is 0 Å². The van der Waals surface area contributed by atoms with E-state index in [2.05, 4.69) is 19.6 Å². The van der Waals surface area contributed by atoms with Crippen LogP contribution in [-0.4, -0.2) is 17.0 Å². The van der Waals surface area contributed by atoms with E-state index < -0.39 is 0 Å². The second-order valence-electron chi connectivity index (χ2n) is 6.90. The van der Waals surface area contributed by atoms with E-state index in [0.717, 1.165) is 18.6 Å². The van der Waals surface area contributed by atoms with Crippen LogP contribution < -0.4 is 0 Å². The molecule has 1 rings (SSSR count). The summed E-state index contributed by atoms with van der Waals surface area (Å²) in [5.41, 5.74) is 0. The van der Waals surface area contributed by atoms with Gasteiger partial charge < -0.3 is 5.11 Å². The third-order valence-corrected chi connectivity index (χ3v) is 4.90. The predicted octanol–water partition coefficient (Wildman–Crippen LogP) is 6.93. The number of unbranched alkanes of at least 4 members (excludes halogenated alkanes) is 11. The summed E-state index contributed by atoms with van der Waals surface area (Å²) in [6.07, 6.45) is 23.1. The fourth-order valence-corrected chi connectivity index (χ4v) is 3.26. The average molecular weight is 331 g/mol. The first-order chi connectivity index (χ1) is 10.8. The molecule has 0 aromatic heterocycles. The molecule has 22 heavy (non-hydrogen) atoms. The molecule has 0 unspecified atom stereocenters. The van der Waals surface area contributed by atoms with Crippen molar-refractivity contribution in [3.8, 4) is 0 Å². The van der Waals surface area contributed by atoms with Gasteiger partial charge in [-0.25, -0.2) is 0 Å². The maximum atomic E-state index is 8.91. The highest BCUT2D eigenvalue weighted by Crippen LogP contribution is 2.16. The van der Waals surface area contributed by atoms with E-state index in [9.17, 15) is 0 Å². The smallest absolute Gasteiger partial charge is 0.0540 e. The van der Waals surface area contributed by atoms with Gasteiger partial charge in [0.2, 0.25) is 0 Å². The fourth-order valence-electron chi connectivity index (χ4n) is 3.03. The van der Waals surface area contributed by atoms with Crippen LogP contribution in [0.25, 0.3) is 0 Å². The Morgan fingerprint density at radius 3 is 1.41 bits per heavy atom. The number of hydrogen-bond acceptors (Lipinski definition) is 2. The number of thiol groups is 1. The summed E-state index contributed by atoms with van der Waals surface area (Å²) in [5.74, 6) is 1.07. The van der Waals surface area contributed by atoms with Gasteiger partial charge in [-0.3, -0.25) is 0 Å². The van der Waals surface area contributed by atoms with E-state index in [1.54, 1.807) is 0 Å². The first-order valence-electron chi connectivity index (χ1n) is 10.1. The number of aliphatic hydroxyl groups is 1. The highest BCUT2D eigenvalue weighted by molar-refractivity contribution is 7.80. The predicted molar refractivity (Wildman–Crippen MR) is 104 cm³/mol. The SMILES string of the molecule is CCCCCCCCCCCCCCS.OC1CCCCC1. The molecule has 1 aliphatic carbocycles. The molecule has 1 N–H and O–H groups in total. The summed E-state index contributed by atoms with van der Waals surface area (Å²) < 4.78 is 0. The Labute approximate surface area is 146 Å². The second-order valence-corrected chi connectivity index (χ2v) is 7.35. The molecular formula is C20H42OS. The van der Waals surface area contributed by atoms with E-state index in [1.807, 2.05) is 0 Å². The van der Waals surface area contributed by atoms with Crippen LogP contribution in [-0.2, 0) is 0 Å². The lowest BCUT2D eigenvalue weighted by atomic mass is 9.98. The van der Waals surface area contributed by atoms with Gasteiger partial charge in [0.1, 0.15) is 0 Å². The molecule has 1 aliphatic rings. The van der Waals surface area contributed by atoms with Crippen LogP contribution in [0.4, 0.5) is 0 Å². The van der Waals surface area contributed by atoms with Crippen molar-refractivity contribution < 1.29 is 5.11 Å². The number of rotatable bonds is 12. The third kappa shape index (κ3) is 18.4. The minimum atomic E-state index is 0.0359. The molecule has 0 heterocycles. The molecule has 0 radical (unpaired) electrons. The molecule has 0 saturated heterocycles. The Bertz CT molecular complexity index is 178. The van der Waals surface area contributed by atoms with E-state index >= 15 is 0 Å². The molecule has 0 aliphatic heterocycles. The Morgan fingerprint density at radius 1 is 0.682 bits per heavy atom. The quantitative estimate of drug-likeness (QED) is 0.293. The first-order valence-corrected chi connectivity index (χ1v) is 10.7. The lowest BCUT2D eigenvalue weighted by Gasteiger charge is -2.14. The Kier molecular flexibility index (Phi) is 19.6. The van der Waals surface area contributed by atoms with Gasteiger partial charge in [-0.15, -0.1) is 0 Å². The van der Waals surface area contributed by atoms with Crippen molar-refractivity contribution in [2.75, 3.05) is 5.75 Å². The summed E-state index contributed by atoms with van der Waals surface area (Å²) >= 11 is 4.22. The second kappa shape index (κ2) is 19.4. The summed E-state index contributed by atoms with van der Waals surface area (Å²) in [4.78, 5) is 0. The lowest BCUT2D eigenvalue weighted by molar-refractivity contribution is 0.130. The minimum Gasteiger partial charge on any atom is -0.393 e. The maximum Gasteiger partial charge on any atom is 0.0540 e.